The van der Waals surface area contributed by atoms with E-state index in [1.807, 2.05) is 12.2 Å². The van der Waals surface area contributed by atoms with Gasteiger partial charge in [0.15, 0.2) is 0 Å². The van der Waals surface area contributed by atoms with Crippen LogP contribution in [0.2, 0.25) is 0 Å². The van der Waals surface area contributed by atoms with Crippen molar-refractivity contribution in [1.29, 1.82) is 0 Å². The van der Waals surface area contributed by atoms with E-state index in [1.165, 1.54) is 0 Å². The highest BCUT2D eigenvalue weighted by molar-refractivity contribution is 5.94. The zero-order valence-corrected chi connectivity index (χ0v) is 11.1. The fraction of sp³-hybridized carbons (Fsp3) is 0.312. The van der Waals surface area contributed by atoms with Crippen LogP contribution in [-0.2, 0) is 0 Å². The number of ether oxygens (including phenoxy) is 1. The zero-order valence-electron chi connectivity index (χ0n) is 11.1. The van der Waals surface area contributed by atoms with Crippen molar-refractivity contribution in [2.75, 3.05) is 13.2 Å². The van der Waals surface area contributed by atoms with Crippen LogP contribution < -0.4 is 10.1 Å². The van der Waals surface area contributed by atoms with Crippen LogP contribution in [0.15, 0.2) is 36.4 Å². The van der Waals surface area contributed by atoms with Crippen molar-refractivity contribution >= 4 is 5.91 Å². The van der Waals surface area contributed by atoms with Gasteiger partial charge in [0.05, 0.1) is 0 Å². The molecule has 1 aromatic carbocycles. The van der Waals surface area contributed by atoms with Gasteiger partial charge >= 0.3 is 0 Å². The molecule has 1 aliphatic rings. The number of hydrogen-bond donors (Lipinski definition) is 2. The summed E-state index contributed by atoms with van der Waals surface area (Å²) in [5, 5.41) is 12.0. The molecule has 2 rings (SSSR count). The van der Waals surface area contributed by atoms with Gasteiger partial charge in [-0.15, -0.1) is 6.42 Å². The summed E-state index contributed by atoms with van der Waals surface area (Å²) in [5.41, 5.74) is 0.568. The monoisotopic (exact) mass is 271 g/mol. The SMILES string of the molecule is C#CCOc1ccc(C(=O)N[C@@H]2C=C[C@H](CO)C2)cc1. The highest BCUT2D eigenvalue weighted by Gasteiger charge is 2.20. The molecule has 0 saturated carbocycles. The molecular weight excluding hydrogens is 254 g/mol. The molecule has 0 aromatic heterocycles. The Morgan fingerprint density at radius 2 is 2.15 bits per heavy atom. The molecule has 1 aliphatic carbocycles. The van der Waals surface area contributed by atoms with Gasteiger partial charge in [0.2, 0.25) is 0 Å². The Morgan fingerprint density at radius 3 is 2.75 bits per heavy atom. The number of carbonyl (C=O) groups is 1. The van der Waals surface area contributed by atoms with E-state index in [0.717, 1.165) is 6.42 Å². The third-order valence-electron chi connectivity index (χ3n) is 3.16. The molecule has 0 unspecified atom stereocenters. The maximum atomic E-state index is 12.0. The molecule has 4 nitrogen and oxygen atoms in total. The van der Waals surface area contributed by atoms with Crippen LogP contribution in [0.1, 0.15) is 16.8 Å². The fourth-order valence-corrected chi connectivity index (χ4v) is 2.10. The normalized spacial score (nSPS) is 20.4. The number of nitrogens with one attached hydrogen (secondary N) is 1. The summed E-state index contributed by atoms with van der Waals surface area (Å²) in [7, 11) is 0. The lowest BCUT2D eigenvalue weighted by Gasteiger charge is -2.13. The van der Waals surface area contributed by atoms with Gasteiger partial charge in [-0.1, -0.05) is 18.1 Å². The van der Waals surface area contributed by atoms with E-state index < -0.39 is 0 Å². The number of terminal acetylenes is 1. The Balaban J connectivity index is 1.90. The second-order valence-corrected chi connectivity index (χ2v) is 4.66. The predicted molar refractivity (Wildman–Crippen MR) is 76.4 cm³/mol. The minimum atomic E-state index is -0.137. The molecule has 0 heterocycles. The average Bonchev–Trinajstić information content (AvgIpc) is 2.93. The molecular formula is C16H17NO3. The van der Waals surface area contributed by atoms with Crippen molar-refractivity contribution in [3.05, 3.63) is 42.0 Å². The number of aliphatic hydroxyl groups is 1. The first-order valence-electron chi connectivity index (χ1n) is 6.49. The molecule has 0 aliphatic heterocycles. The van der Waals surface area contributed by atoms with Crippen LogP contribution in [0.5, 0.6) is 5.75 Å². The van der Waals surface area contributed by atoms with Crippen LogP contribution in [0.25, 0.3) is 0 Å². The molecule has 4 heteroatoms. The molecule has 0 saturated heterocycles. The maximum absolute atomic E-state index is 12.0. The van der Waals surface area contributed by atoms with Crippen molar-refractivity contribution in [3.63, 3.8) is 0 Å². The topological polar surface area (TPSA) is 58.6 Å². The Hall–Kier alpha value is -2.25. The van der Waals surface area contributed by atoms with Gasteiger partial charge in [-0.3, -0.25) is 4.79 Å². The lowest BCUT2D eigenvalue weighted by Crippen LogP contribution is -2.32. The van der Waals surface area contributed by atoms with Crippen molar-refractivity contribution < 1.29 is 14.6 Å². The molecule has 1 amide bonds. The van der Waals surface area contributed by atoms with E-state index >= 15 is 0 Å². The first-order chi connectivity index (χ1) is 9.72. The fourth-order valence-electron chi connectivity index (χ4n) is 2.10. The summed E-state index contributed by atoms with van der Waals surface area (Å²) in [6.45, 7) is 0.324. The predicted octanol–water partition coefficient (Wildman–Crippen LogP) is 1.37. The Bertz CT molecular complexity index is 528. The maximum Gasteiger partial charge on any atom is 0.251 e. The number of benzene rings is 1. The van der Waals surface area contributed by atoms with Crippen molar-refractivity contribution in [2.24, 2.45) is 5.92 Å². The van der Waals surface area contributed by atoms with Crippen molar-refractivity contribution in [3.8, 4) is 18.1 Å². The second kappa shape index (κ2) is 6.78. The summed E-state index contributed by atoms with van der Waals surface area (Å²) in [6.07, 6.45) is 9.70. The van der Waals surface area contributed by atoms with E-state index in [0.29, 0.717) is 11.3 Å². The number of hydrogen-bond acceptors (Lipinski definition) is 3. The third-order valence-corrected chi connectivity index (χ3v) is 3.16. The van der Waals surface area contributed by atoms with Gasteiger partial charge in [-0.2, -0.15) is 0 Å². The Labute approximate surface area is 118 Å². The van der Waals surface area contributed by atoms with E-state index in [-0.39, 0.29) is 31.1 Å². The summed E-state index contributed by atoms with van der Waals surface area (Å²) in [5.74, 6) is 3.02. The molecule has 0 fully saturated rings. The van der Waals surface area contributed by atoms with Crippen LogP contribution in [0, 0.1) is 18.3 Å². The molecule has 104 valence electrons. The highest BCUT2D eigenvalue weighted by Crippen LogP contribution is 2.18. The van der Waals surface area contributed by atoms with E-state index in [9.17, 15) is 4.79 Å². The standard InChI is InChI=1S/C16H17NO3/c1-2-9-20-15-7-4-13(5-8-15)16(19)17-14-6-3-12(10-14)11-18/h1,3-8,12,14,18H,9-11H2,(H,17,19)/t12-,14+/m0/s1. The largest absolute Gasteiger partial charge is 0.481 e. The molecule has 0 radical (unpaired) electrons. The molecule has 0 spiro atoms. The molecule has 0 bridgehead atoms. The van der Waals surface area contributed by atoms with Crippen molar-refractivity contribution in [2.45, 2.75) is 12.5 Å². The zero-order chi connectivity index (χ0) is 14.4. The molecule has 2 atom stereocenters. The Morgan fingerprint density at radius 1 is 1.40 bits per heavy atom. The average molecular weight is 271 g/mol. The summed E-state index contributed by atoms with van der Waals surface area (Å²) in [6, 6.07) is 6.81. The van der Waals surface area contributed by atoms with Gasteiger partial charge in [-0.25, -0.2) is 0 Å². The van der Waals surface area contributed by atoms with Gasteiger partial charge in [0.25, 0.3) is 5.91 Å². The summed E-state index contributed by atoms with van der Waals surface area (Å²) in [4.78, 5) is 12.0. The number of amides is 1. The van der Waals surface area contributed by atoms with Crippen LogP contribution in [-0.4, -0.2) is 30.3 Å². The summed E-state index contributed by atoms with van der Waals surface area (Å²) < 4.78 is 5.25. The lowest BCUT2D eigenvalue weighted by atomic mass is 10.1. The molecule has 1 aromatic rings. The third kappa shape index (κ3) is 3.62. The second-order valence-electron chi connectivity index (χ2n) is 4.66. The van der Waals surface area contributed by atoms with E-state index in [1.54, 1.807) is 24.3 Å². The Kier molecular flexibility index (Phi) is 4.80. The van der Waals surface area contributed by atoms with Crippen LogP contribution in [0.4, 0.5) is 0 Å². The first kappa shape index (κ1) is 14.2. The minimum absolute atomic E-state index is 0.0167. The van der Waals surface area contributed by atoms with Gasteiger partial charge < -0.3 is 15.2 Å². The smallest absolute Gasteiger partial charge is 0.251 e. The van der Waals surface area contributed by atoms with Crippen molar-refractivity contribution in [1.82, 2.24) is 5.32 Å². The van der Waals surface area contributed by atoms with E-state index in [2.05, 4.69) is 11.2 Å². The van der Waals surface area contributed by atoms with Gasteiger partial charge in [0, 0.05) is 24.1 Å². The quantitative estimate of drug-likeness (QED) is 0.628. The number of rotatable bonds is 5. The van der Waals surface area contributed by atoms with Crippen LogP contribution in [0.3, 0.4) is 0 Å². The molecule has 2 N–H and O–H groups in total. The number of aliphatic hydroxyl groups excluding tert-OH is 1. The lowest BCUT2D eigenvalue weighted by molar-refractivity contribution is 0.0941. The first-order valence-corrected chi connectivity index (χ1v) is 6.49. The van der Waals surface area contributed by atoms with Gasteiger partial charge in [0.1, 0.15) is 12.4 Å². The molecule has 20 heavy (non-hydrogen) atoms. The number of carbonyl (C=O) groups excluding carboxylic acids is 1. The highest BCUT2D eigenvalue weighted by atomic mass is 16.5. The summed E-state index contributed by atoms with van der Waals surface area (Å²) >= 11 is 0. The van der Waals surface area contributed by atoms with E-state index in [4.69, 9.17) is 16.3 Å². The van der Waals surface area contributed by atoms with Crippen LogP contribution >= 0.6 is 0 Å². The van der Waals surface area contributed by atoms with Gasteiger partial charge in [-0.05, 0) is 30.7 Å². The minimum Gasteiger partial charge on any atom is -0.481 e.